The van der Waals surface area contributed by atoms with Crippen LogP contribution in [0.1, 0.15) is 0 Å². The maximum absolute atomic E-state index is 9.57. The molecule has 1 aromatic heterocycles. The number of ether oxygens (including phenoxy) is 1. The second kappa shape index (κ2) is 2.81. The van der Waals surface area contributed by atoms with Gasteiger partial charge in [0.05, 0.1) is 12.8 Å². The average molecular weight is 195 g/mol. The number of anilines is 1. The summed E-state index contributed by atoms with van der Waals surface area (Å²) in [7, 11) is 1.52. The molecule has 0 atom stereocenters. The third-order valence-electron chi connectivity index (χ3n) is 1.92. The summed E-state index contributed by atoms with van der Waals surface area (Å²) in [6, 6.07) is 3.65. The smallest absolute Gasteiger partial charge is 0.181 e. The van der Waals surface area contributed by atoms with Crippen LogP contribution in [0.2, 0.25) is 0 Å². The topological polar surface area (TPSA) is 55.5 Å². The van der Waals surface area contributed by atoms with Gasteiger partial charge >= 0.3 is 0 Å². The van der Waals surface area contributed by atoms with Crippen molar-refractivity contribution in [2.45, 2.75) is 0 Å². The zero-order valence-corrected chi connectivity index (χ0v) is 7.89. The molecule has 0 unspecified atom stereocenters. The minimum atomic E-state index is 0.0217. The number of nitrogen functional groups attached to an aromatic ring is 1. The average Bonchev–Trinajstić information content (AvgIpc) is 2.54. The van der Waals surface area contributed by atoms with Crippen LogP contribution < -0.4 is 10.5 Å². The molecule has 68 valence electrons. The molecule has 0 bridgehead atoms. The van der Waals surface area contributed by atoms with E-state index in [9.17, 15) is 5.11 Å². The monoisotopic (exact) mass is 195 g/mol. The van der Waals surface area contributed by atoms with Gasteiger partial charge in [-0.1, -0.05) is 0 Å². The molecule has 1 heterocycles. The lowest BCUT2D eigenvalue weighted by Gasteiger charge is -2.06. The summed E-state index contributed by atoms with van der Waals surface area (Å²) in [5, 5.41) is 12.4. The summed E-state index contributed by atoms with van der Waals surface area (Å²) < 4.78 is 6.09. The second-order valence-corrected chi connectivity index (χ2v) is 3.63. The first-order chi connectivity index (χ1) is 6.24. The molecule has 0 saturated heterocycles. The number of phenols is 1. The predicted octanol–water partition coefficient (Wildman–Crippen LogP) is 2.20. The number of methoxy groups -OCH3 is 1. The Bertz CT molecular complexity index is 450. The van der Waals surface area contributed by atoms with Gasteiger partial charge in [-0.3, -0.25) is 0 Å². The van der Waals surface area contributed by atoms with Crippen molar-refractivity contribution in [3.63, 3.8) is 0 Å². The van der Waals surface area contributed by atoms with Crippen molar-refractivity contribution in [1.82, 2.24) is 0 Å². The molecule has 1 aromatic carbocycles. The minimum absolute atomic E-state index is 0.0217. The number of hydrogen-bond donors (Lipinski definition) is 2. The Balaban J connectivity index is 2.87. The van der Waals surface area contributed by atoms with Crippen molar-refractivity contribution in [2.75, 3.05) is 12.8 Å². The van der Waals surface area contributed by atoms with Crippen molar-refractivity contribution >= 4 is 27.1 Å². The van der Waals surface area contributed by atoms with Crippen LogP contribution in [0, 0.1) is 0 Å². The van der Waals surface area contributed by atoms with E-state index >= 15 is 0 Å². The molecule has 0 aliphatic carbocycles. The Kier molecular flexibility index (Phi) is 1.77. The number of phenolic OH excluding ortho intramolecular Hbond substituents is 1. The third kappa shape index (κ3) is 1.10. The summed E-state index contributed by atoms with van der Waals surface area (Å²) in [6.07, 6.45) is 0. The molecule has 0 fully saturated rings. The van der Waals surface area contributed by atoms with Crippen LogP contribution in [-0.4, -0.2) is 12.2 Å². The van der Waals surface area contributed by atoms with Gasteiger partial charge in [-0.05, 0) is 17.5 Å². The van der Waals surface area contributed by atoms with Crippen molar-refractivity contribution < 1.29 is 9.84 Å². The van der Waals surface area contributed by atoms with Gasteiger partial charge in [0.2, 0.25) is 0 Å². The fraction of sp³-hybridized carbons (Fsp3) is 0.111. The zero-order chi connectivity index (χ0) is 9.42. The fourth-order valence-corrected chi connectivity index (χ4v) is 2.13. The second-order valence-electron chi connectivity index (χ2n) is 2.68. The van der Waals surface area contributed by atoms with Gasteiger partial charge in [-0.15, -0.1) is 11.3 Å². The van der Waals surface area contributed by atoms with E-state index in [1.165, 1.54) is 7.11 Å². The first-order valence-electron chi connectivity index (χ1n) is 3.76. The van der Waals surface area contributed by atoms with Crippen LogP contribution in [0.3, 0.4) is 0 Å². The van der Waals surface area contributed by atoms with Gasteiger partial charge in [0.25, 0.3) is 0 Å². The van der Waals surface area contributed by atoms with Crippen molar-refractivity contribution in [3.8, 4) is 11.5 Å². The lowest BCUT2D eigenvalue weighted by atomic mass is 10.2. The SMILES string of the molecule is COc1c(O)c(N)cc2sccc12. The summed E-state index contributed by atoms with van der Waals surface area (Å²) in [4.78, 5) is 0. The van der Waals surface area contributed by atoms with Crippen molar-refractivity contribution in [1.29, 1.82) is 0 Å². The minimum Gasteiger partial charge on any atom is -0.503 e. The largest absolute Gasteiger partial charge is 0.503 e. The van der Waals surface area contributed by atoms with Crippen LogP contribution in [0.5, 0.6) is 11.5 Å². The van der Waals surface area contributed by atoms with Crippen LogP contribution in [0.25, 0.3) is 10.1 Å². The molecule has 3 N–H and O–H groups in total. The number of hydrogen-bond acceptors (Lipinski definition) is 4. The highest BCUT2D eigenvalue weighted by Gasteiger charge is 2.11. The van der Waals surface area contributed by atoms with Gasteiger partial charge < -0.3 is 15.6 Å². The number of aromatic hydroxyl groups is 1. The molecule has 0 amide bonds. The Labute approximate surface area is 79.4 Å². The Morgan fingerprint density at radius 1 is 1.54 bits per heavy atom. The number of thiophene rings is 1. The molecule has 0 aliphatic heterocycles. The highest BCUT2D eigenvalue weighted by atomic mass is 32.1. The standard InChI is InChI=1S/C9H9NO2S/c1-12-9-5-2-3-13-7(5)4-6(10)8(9)11/h2-4,11H,10H2,1H3. The maximum Gasteiger partial charge on any atom is 0.181 e. The normalized spacial score (nSPS) is 10.5. The van der Waals surface area contributed by atoms with E-state index < -0.39 is 0 Å². The Morgan fingerprint density at radius 3 is 3.00 bits per heavy atom. The molecule has 4 heteroatoms. The van der Waals surface area contributed by atoms with E-state index in [4.69, 9.17) is 10.5 Å². The van der Waals surface area contributed by atoms with E-state index in [0.717, 1.165) is 10.1 Å². The first kappa shape index (κ1) is 8.19. The van der Waals surface area contributed by atoms with Gasteiger partial charge in [0, 0.05) is 10.1 Å². The highest BCUT2D eigenvalue weighted by Crippen LogP contribution is 2.41. The Morgan fingerprint density at radius 2 is 2.31 bits per heavy atom. The molecule has 2 aromatic rings. The van der Waals surface area contributed by atoms with Crippen molar-refractivity contribution in [2.24, 2.45) is 0 Å². The zero-order valence-electron chi connectivity index (χ0n) is 7.07. The van der Waals surface area contributed by atoms with Gasteiger partial charge in [-0.25, -0.2) is 0 Å². The molecule has 13 heavy (non-hydrogen) atoms. The lowest BCUT2D eigenvalue weighted by Crippen LogP contribution is -1.90. The summed E-state index contributed by atoms with van der Waals surface area (Å²) in [5.74, 6) is 0.477. The molecular formula is C9H9NO2S. The molecular weight excluding hydrogens is 186 g/mol. The molecule has 0 aliphatic rings. The van der Waals surface area contributed by atoms with E-state index in [2.05, 4.69) is 0 Å². The number of fused-ring (bicyclic) bond motifs is 1. The quantitative estimate of drug-likeness (QED) is 0.541. The van der Waals surface area contributed by atoms with Crippen LogP contribution in [0.15, 0.2) is 17.5 Å². The fourth-order valence-electron chi connectivity index (χ4n) is 1.30. The molecule has 0 spiro atoms. The molecule has 3 nitrogen and oxygen atoms in total. The van der Waals surface area contributed by atoms with Gasteiger partial charge in [-0.2, -0.15) is 0 Å². The van der Waals surface area contributed by atoms with E-state index in [0.29, 0.717) is 11.4 Å². The summed E-state index contributed by atoms with van der Waals surface area (Å²) >= 11 is 1.57. The molecule has 0 saturated carbocycles. The summed E-state index contributed by atoms with van der Waals surface area (Å²) in [6.45, 7) is 0. The third-order valence-corrected chi connectivity index (χ3v) is 2.78. The van der Waals surface area contributed by atoms with E-state index in [1.54, 1.807) is 17.4 Å². The van der Waals surface area contributed by atoms with E-state index in [1.807, 2.05) is 11.4 Å². The first-order valence-corrected chi connectivity index (χ1v) is 4.64. The molecule has 2 rings (SSSR count). The van der Waals surface area contributed by atoms with Crippen LogP contribution >= 0.6 is 11.3 Å². The number of nitrogens with two attached hydrogens (primary N) is 1. The van der Waals surface area contributed by atoms with Crippen LogP contribution in [-0.2, 0) is 0 Å². The maximum atomic E-state index is 9.57. The highest BCUT2D eigenvalue weighted by molar-refractivity contribution is 7.17. The number of benzene rings is 1. The van der Waals surface area contributed by atoms with E-state index in [-0.39, 0.29) is 5.75 Å². The van der Waals surface area contributed by atoms with Crippen LogP contribution in [0.4, 0.5) is 5.69 Å². The Hall–Kier alpha value is -1.42. The van der Waals surface area contributed by atoms with Gasteiger partial charge in [0.15, 0.2) is 11.5 Å². The molecule has 0 radical (unpaired) electrons. The van der Waals surface area contributed by atoms with Crippen molar-refractivity contribution in [3.05, 3.63) is 17.5 Å². The summed E-state index contributed by atoms with van der Waals surface area (Å²) in [5.41, 5.74) is 5.95. The van der Waals surface area contributed by atoms with Gasteiger partial charge in [0.1, 0.15) is 0 Å². The number of rotatable bonds is 1. The lowest BCUT2D eigenvalue weighted by molar-refractivity contribution is 0.379. The predicted molar refractivity (Wildman–Crippen MR) is 54.5 cm³/mol.